The van der Waals surface area contributed by atoms with Gasteiger partial charge in [0.05, 0.1) is 11.9 Å². The zero-order chi connectivity index (χ0) is 18.3. The van der Waals surface area contributed by atoms with Crippen LogP contribution in [0.5, 0.6) is 0 Å². The monoisotopic (exact) mass is 372 g/mol. The van der Waals surface area contributed by atoms with Crippen LogP contribution in [0.4, 0.5) is 5.69 Å². The van der Waals surface area contributed by atoms with E-state index in [1.807, 2.05) is 36.4 Å². The van der Waals surface area contributed by atoms with Crippen LogP contribution in [0.25, 0.3) is 10.8 Å². The molecule has 6 heteroatoms. The number of nitrogens with zero attached hydrogens (tertiary/aromatic N) is 1. The number of hydrogen-bond donors (Lipinski definition) is 1. The van der Waals surface area contributed by atoms with Crippen LogP contribution in [0.3, 0.4) is 0 Å². The third-order valence-corrected chi connectivity index (χ3v) is 6.93. The van der Waals surface area contributed by atoms with Crippen molar-refractivity contribution in [3.63, 3.8) is 0 Å². The van der Waals surface area contributed by atoms with E-state index in [1.165, 1.54) is 23.6 Å². The summed E-state index contributed by atoms with van der Waals surface area (Å²) in [5.74, 6) is 1.07. The molecule has 2 aliphatic carbocycles. The fourth-order valence-corrected chi connectivity index (χ4v) is 5.48. The summed E-state index contributed by atoms with van der Waals surface area (Å²) in [6.07, 6.45) is 5.82. The summed E-state index contributed by atoms with van der Waals surface area (Å²) in [6.45, 7) is -0.180. The van der Waals surface area contributed by atoms with Gasteiger partial charge in [-0.1, -0.05) is 42.8 Å². The Labute approximate surface area is 154 Å². The van der Waals surface area contributed by atoms with Crippen molar-refractivity contribution in [3.05, 3.63) is 42.5 Å². The third-order valence-electron chi connectivity index (χ3n) is 5.81. The second-order valence-electron chi connectivity index (χ2n) is 7.62. The Kier molecular flexibility index (Phi) is 4.39. The highest BCUT2D eigenvalue weighted by Crippen LogP contribution is 2.44. The molecule has 2 aliphatic rings. The number of carbonyl (C=O) groups is 1. The molecule has 138 valence electrons. The molecule has 0 unspecified atom stereocenters. The molecule has 0 heterocycles. The van der Waals surface area contributed by atoms with E-state index in [0.717, 1.165) is 29.4 Å². The van der Waals surface area contributed by atoms with Gasteiger partial charge in [0, 0.05) is 11.4 Å². The van der Waals surface area contributed by atoms with Crippen molar-refractivity contribution < 1.29 is 13.2 Å². The number of sulfonamides is 1. The van der Waals surface area contributed by atoms with Crippen LogP contribution in [0, 0.1) is 11.8 Å². The lowest BCUT2D eigenvalue weighted by Crippen LogP contribution is -2.45. The second kappa shape index (κ2) is 6.58. The Balaban J connectivity index is 1.58. The molecule has 4 rings (SSSR count). The number of nitrogens with one attached hydrogen (secondary N) is 1. The number of hydrogen-bond acceptors (Lipinski definition) is 3. The van der Waals surface area contributed by atoms with Crippen molar-refractivity contribution in [2.75, 3.05) is 17.1 Å². The third kappa shape index (κ3) is 3.30. The normalized spacial score (nSPS) is 24.7. The van der Waals surface area contributed by atoms with Gasteiger partial charge in [-0.25, -0.2) is 8.42 Å². The first-order chi connectivity index (χ1) is 12.4. The highest BCUT2D eigenvalue weighted by atomic mass is 32.2. The Morgan fingerprint density at radius 3 is 2.58 bits per heavy atom. The van der Waals surface area contributed by atoms with Crippen LogP contribution >= 0.6 is 0 Å². The smallest absolute Gasteiger partial charge is 0.241 e. The molecule has 2 aromatic carbocycles. The van der Waals surface area contributed by atoms with Crippen LogP contribution in [0.1, 0.15) is 25.7 Å². The van der Waals surface area contributed by atoms with E-state index in [4.69, 9.17) is 0 Å². The molecule has 0 aliphatic heterocycles. The van der Waals surface area contributed by atoms with Gasteiger partial charge in [0.25, 0.3) is 0 Å². The number of benzene rings is 2. The summed E-state index contributed by atoms with van der Waals surface area (Å²) in [7, 11) is -3.58. The minimum absolute atomic E-state index is 0.180. The van der Waals surface area contributed by atoms with E-state index in [0.29, 0.717) is 11.6 Å². The predicted molar refractivity (Wildman–Crippen MR) is 104 cm³/mol. The first-order valence-corrected chi connectivity index (χ1v) is 11.0. The molecule has 1 N–H and O–H groups in total. The van der Waals surface area contributed by atoms with Crippen LogP contribution in [-0.2, 0) is 14.8 Å². The fourth-order valence-electron chi connectivity index (χ4n) is 4.61. The lowest BCUT2D eigenvalue weighted by molar-refractivity contribution is -0.120. The molecule has 2 saturated carbocycles. The minimum atomic E-state index is -3.58. The Morgan fingerprint density at radius 1 is 1.12 bits per heavy atom. The summed E-state index contributed by atoms with van der Waals surface area (Å²) in [5.41, 5.74) is 0.550. The van der Waals surface area contributed by atoms with E-state index < -0.39 is 10.0 Å². The summed E-state index contributed by atoms with van der Waals surface area (Å²) in [4.78, 5) is 12.6. The molecule has 2 bridgehead atoms. The van der Waals surface area contributed by atoms with Crippen LogP contribution in [0.2, 0.25) is 0 Å². The first kappa shape index (κ1) is 17.3. The Hall–Kier alpha value is -2.08. The van der Waals surface area contributed by atoms with E-state index in [9.17, 15) is 13.2 Å². The SMILES string of the molecule is CS(=O)(=O)N(CC(=O)N[C@H]1C[C@H]2CC[C@H]1C2)c1cccc2ccccc12. The number of rotatable bonds is 5. The zero-order valence-corrected chi connectivity index (χ0v) is 15.7. The van der Waals surface area contributed by atoms with Crippen molar-refractivity contribution in [1.29, 1.82) is 0 Å². The summed E-state index contributed by atoms with van der Waals surface area (Å²) in [6, 6.07) is 13.3. The predicted octanol–water partition coefficient (Wildman–Crippen LogP) is 2.91. The summed E-state index contributed by atoms with van der Waals surface area (Å²) >= 11 is 0. The molecular formula is C20H24N2O3S. The summed E-state index contributed by atoms with van der Waals surface area (Å²) < 4.78 is 26.1. The molecule has 0 radical (unpaired) electrons. The minimum Gasteiger partial charge on any atom is -0.352 e. The van der Waals surface area contributed by atoms with Gasteiger partial charge in [0.1, 0.15) is 6.54 Å². The second-order valence-corrected chi connectivity index (χ2v) is 9.52. The van der Waals surface area contributed by atoms with Gasteiger partial charge in [0.15, 0.2) is 0 Å². The molecular weight excluding hydrogens is 348 g/mol. The fraction of sp³-hybridized carbons (Fsp3) is 0.450. The van der Waals surface area contributed by atoms with Gasteiger partial charge in [-0.15, -0.1) is 0 Å². The van der Waals surface area contributed by atoms with Gasteiger partial charge in [-0.3, -0.25) is 9.10 Å². The average Bonchev–Trinajstić information content (AvgIpc) is 3.21. The topological polar surface area (TPSA) is 66.5 Å². The zero-order valence-electron chi connectivity index (χ0n) is 14.9. The van der Waals surface area contributed by atoms with E-state index in [1.54, 1.807) is 6.07 Å². The number of amides is 1. The van der Waals surface area contributed by atoms with Crippen molar-refractivity contribution in [3.8, 4) is 0 Å². The van der Waals surface area contributed by atoms with E-state index >= 15 is 0 Å². The van der Waals surface area contributed by atoms with Gasteiger partial charge in [-0.2, -0.15) is 0 Å². The van der Waals surface area contributed by atoms with Crippen molar-refractivity contribution in [2.45, 2.75) is 31.7 Å². The maximum absolute atomic E-state index is 12.6. The quantitative estimate of drug-likeness (QED) is 0.878. The van der Waals surface area contributed by atoms with Gasteiger partial charge < -0.3 is 5.32 Å². The molecule has 0 saturated heterocycles. The Morgan fingerprint density at radius 2 is 1.88 bits per heavy atom. The average molecular weight is 372 g/mol. The van der Waals surface area contributed by atoms with Crippen molar-refractivity contribution in [2.24, 2.45) is 11.8 Å². The van der Waals surface area contributed by atoms with Gasteiger partial charge >= 0.3 is 0 Å². The highest BCUT2D eigenvalue weighted by Gasteiger charge is 2.40. The summed E-state index contributed by atoms with van der Waals surface area (Å²) in [5, 5.41) is 4.86. The van der Waals surface area contributed by atoms with E-state index in [2.05, 4.69) is 5.32 Å². The molecule has 2 fully saturated rings. The van der Waals surface area contributed by atoms with Gasteiger partial charge in [-0.05, 0) is 42.6 Å². The molecule has 26 heavy (non-hydrogen) atoms. The molecule has 1 amide bonds. The lowest BCUT2D eigenvalue weighted by Gasteiger charge is -2.27. The maximum atomic E-state index is 12.6. The number of carbonyl (C=O) groups excluding carboxylic acids is 1. The van der Waals surface area contributed by atoms with Crippen LogP contribution in [-0.4, -0.2) is 33.2 Å². The highest BCUT2D eigenvalue weighted by molar-refractivity contribution is 7.92. The van der Waals surface area contributed by atoms with Crippen molar-refractivity contribution >= 4 is 32.4 Å². The molecule has 5 nitrogen and oxygen atoms in total. The molecule has 2 aromatic rings. The molecule has 0 aromatic heterocycles. The molecule has 3 atom stereocenters. The van der Waals surface area contributed by atoms with Crippen molar-refractivity contribution in [1.82, 2.24) is 5.32 Å². The van der Waals surface area contributed by atoms with Crippen LogP contribution in [0.15, 0.2) is 42.5 Å². The number of fused-ring (bicyclic) bond motifs is 3. The number of anilines is 1. The molecule has 0 spiro atoms. The first-order valence-electron chi connectivity index (χ1n) is 9.16. The lowest BCUT2D eigenvalue weighted by atomic mass is 9.95. The van der Waals surface area contributed by atoms with Gasteiger partial charge in [0.2, 0.25) is 15.9 Å². The largest absolute Gasteiger partial charge is 0.352 e. The standard InChI is InChI=1S/C20H24N2O3S/c1-26(24,25)22(19-8-4-6-15-5-2-3-7-17(15)19)13-20(23)21-18-12-14-9-10-16(18)11-14/h2-8,14,16,18H,9-13H2,1H3,(H,21,23)/t14-,16-,18-/m0/s1. The van der Waals surface area contributed by atoms with E-state index in [-0.39, 0.29) is 18.5 Å². The Bertz CT molecular complexity index is 936. The maximum Gasteiger partial charge on any atom is 0.241 e. The van der Waals surface area contributed by atoms with Crippen LogP contribution < -0.4 is 9.62 Å².